The van der Waals surface area contributed by atoms with Crippen molar-refractivity contribution in [2.24, 2.45) is 5.10 Å². The Bertz CT molecular complexity index is 997. The number of carbonyl (C=O) groups excluding carboxylic acids is 1. The molecule has 140 valence electrons. The molecule has 0 aromatic heterocycles. The lowest BCUT2D eigenvalue weighted by Crippen LogP contribution is -2.20. The topological polar surface area (TPSA) is 50.7 Å². The third-order valence-electron chi connectivity index (χ3n) is 4.02. The van der Waals surface area contributed by atoms with Crippen molar-refractivity contribution >= 4 is 29.3 Å². The summed E-state index contributed by atoms with van der Waals surface area (Å²) in [5.74, 6) is 0.429. The van der Waals surface area contributed by atoms with Gasteiger partial charge in [0.15, 0.2) is 0 Å². The Morgan fingerprint density at radius 3 is 2.32 bits per heavy atom. The summed E-state index contributed by atoms with van der Waals surface area (Å²) < 4.78 is 5.17. The Hall–Kier alpha value is -3.37. The van der Waals surface area contributed by atoms with Gasteiger partial charge in [0, 0.05) is 5.56 Å². The summed E-state index contributed by atoms with van der Waals surface area (Å²) in [6.07, 6.45) is 3.77. The van der Waals surface area contributed by atoms with Gasteiger partial charge in [-0.3, -0.25) is 4.79 Å². The van der Waals surface area contributed by atoms with E-state index in [-0.39, 0.29) is 5.91 Å². The zero-order valence-corrected chi connectivity index (χ0v) is 16.1. The molecule has 3 rings (SSSR count). The van der Waals surface area contributed by atoms with Crippen LogP contribution in [-0.2, 0) is 0 Å². The van der Waals surface area contributed by atoms with E-state index in [1.807, 2.05) is 66.7 Å². The largest absolute Gasteiger partial charge is 0.497 e. The predicted octanol–water partition coefficient (Wildman–Crippen LogP) is 5.20. The molecule has 1 amide bonds. The molecular formula is C23H19ClN2O2. The number of hydrazone groups is 1. The van der Waals surface area contributed by atoms with E-state index < -0.39 is 0 Å². The maximum atomic E-state index is 12.4. The van der Waals surface area contributed by atoms with Crippen LogP contribution in [0.5, 0.6) is 5.75 Å². The number of halogens is 1. The van der Waals surface area contributed by atoms with Crippen LogP contribution in [0.2, 0.25) is 5.02 Å². The number of hydrogen-bond acceptors (Lipinski definition) is 3. The molecule has 0 unspecified atom stereocenters. The number of hydrogen-bond donors (Lipinski definition) is 1. The third-order valence-corrected chi connectivity index (χ3v) is 4.34. The zero-order valence-electron chi connectivity index (χ0n) is 15.3. The monoisotopic (exact) mass is 390 g/mol. The molecule has 0 fully saturated rings. The number of nitrogens with one attached hydrogen (secondary N) is 1. The Balaban J connectivity index is 1.84. The summed E-state index contributed by atoms with van der Waals surface area (Å²) >= 11 is 6.08. The molecule has 28 heavy (non-hydrogen) atoms. The lowest BCUT2D eigenvalue weighted by molar-refractivity contribution is 0.0955. The fourth-order valence-corrected chi connectivity index (χ4v) is 2.74. The summed E-state index contributed by atoms with van der Waals surface area (Å²) in [7, 11) is 1.63. The van der Waals surface area contributed by atoms with Gasteiger partial charge in [-0.05, 0) is 35.9 Å². The number of nitrogens with zero attached hydrogens (tertiary/aromatic N) is 1. The minimum absolute atomic E-state index is 0.364. The van der Waals surface area contributed by atoms with Crippen molar-refractivity contribution in [2.75, 3.05) is 7.11 Å². The summed E-state index contributed by atoms with van der Waals surface area (Å²) in [5.41, 5.74) is 5.45. The van der Waals surface area contributed by atoms with Crippen LogP contribution >= 0.6 is 11.6 Å². The highest BCUT2D eigenvalue weighted by Crippen LogP contribution is 2.15. The normalized spacial score (nSPS) is 11.4. The second-order valence-electron chi connectivity index (χ2n) is 5.89. The van der Waals surface area contributed by atoms with Gasteiger partial charge in [0.25, 0.3) is 5.91 Å². The van der Waals surface area contributed by atoms with E-state index in [1.54, 1.807) is 31.4 Å². The molecule has 5 heteroatoms. The average molecular weight is 391 g/mol. The maximum Gasteiger partial charge on any atom is 0.272 e. The summed E-state index contributed by atoms with van der Waals surface area (Å²) in [6, 6.07) is 24.1. The van der Waals surface area contributed by atoms with Crippen molar-refractivity contribution in [1.29, 1.82) is 0 Å². The maximum absolute atomic E-state index is 12.4. The van der Waals surface area contributed by atoms with Gasteiger partial charge in [0.1, 0.15) is 5.75 Å². The van der Waals surface area contributed by atoms with Crippen LogP contribution in [0.4, 0.5) is 0 Å². The SMILES string of the molecule is COc1ccc(C=CC(=NNC(=O)c2ccccc2Cl)c2ccccc2)cc1. The van der Waals surface area contributed by atoms with Gasteiger partial charge in [-0.2, -0.15) is 5.10 Å². The fraction of sp³-hybridized carbons (Fsp3) is 0.0435. The van der Waals surface area contributed by atoms with E-state index in [4.69, 9.17) is 16.3 Å². The highest BCUT2D eigenvalue weighted by Gasteiger charge is 2.09. The molecule has 0 atom stereocenters. The zero-order chi connectivity index (χ0) is 19.8. The number of ether oxygens (including phenoxy) is 1. The molecule has 0 aliphatic rings. The molecular weight excluding hydrogens is 372 g/mol. The van der Waals surface area contributed by atoms with Crippen LogP contribution in [-0.4, -0.2) is 18.7 Å². The predicted molar refractivity (Wildman–Crippen MR) is 114 cm³/mol. The third kappa shape index (κ3) is 5.09. The molecule has 3 aromatic rings. The minimum atomic E-state index is -0.364. The molecule has 1 N–H and O–H groups in total. The first-order valence-electron chi connectivity index (χ1n) is 8.67. The quantitative estimate of drug-likeness (QED) is 0.464. The van der Waals surface area contributed by atoms with E-state index in [2.05, 4.69) is 10.5 Å². The van der Waals surface area contributed by atoms with Crippen LogP contribution in [0.15, 0.2) is 90.0 Å². The number of rotatable bonds is 6. The smallest absolute Gasteiger partial charge is 0.272 e. The summed E-state index contributed by atoms with van der Waals surface area (Å²) in [6.45, 7) is 0. The number of methoxy groups -OCH3 is 1. The van der Waals surface area contributed by atoms with Gasteiger partial charge in [0.05, 0.1) is 23.4 Å². The molecule has 0 radical (unpaired) electrons. The molecule has 0 saturated carbocycles. The first-order chi connectivity index (χ1) is 13.7. The van der Waals surface area contributed by atoms with Crippen LogP contribution in [0, 0.1) is 0 Å². The van der Waals surface area contributed by atoms with Gasteiger partial charge in [-0.15, -0.1) is 0 Å². The Kier molecular flexibility index (Phi) is 6.60. The van der Waals surface area contributed by atoms with Gasteiger partial charge >= 0.3 is 0 Å². The van der Waals surface area contributed by atoms with Gasteiger partial charge in [0.2, 0.25) is 0 Å². The second-order valence-corrected chi connectivity index (χ2v) is 6.30. The van der Waals surface area contributed by atoms with Gasteiger partial charge in [-0.25, -0.2) is 5.43 Å². The molecule has 0 heterocycles. The second kappa shape index (κ2) is 9.53. The van der Waals surface area contributed by atoms with Crippen molar-refractivity contribution < 1.29 is 9.53 Å². The Morgan fingerprint density at radius 1 is 0.964 bits per heavy atom. The molecule has 0 spiro atoms. The van der Waals surface area contributed by atoms with Gasteiger partial charge < -0.3 is 4.74 Å². The van der Waals surface area contributed by atoms with Crippen LogP contribution < -0.4 is 10.2 Å². The molecule has 0 saturated heterocycles. The van der Waals surface area contributed by atoms with Crippen molar-refractivity contribution in [3.63, 3.8) is 0 Å². The number of allylic oxidation sites excluding steroid dienone is 1. The lowest BCUT2D eigenvalue weighted by atomic mass is 10.1. The minimum Gasteiger partial charge on any atom is -0.497 e. The molecule has 3 aromatic carbocycles. The van der Waals surface area contributed by atoms with E-state index in [9.17, 15) is 4.79 Å². The van der Waals surface area contributed by atoms with Crippen molar-refractivity contribution in [2.45, 2.75) is 0 Å². The highest BCUT2D eigenvalue weighted by atomic mass is 35.5. The van der Waals surface area contributed by atoms with Crippen molar-refractivity contribution in [1.82, 2.24) is 5.43 Å². The van der Waals surface area contributed by atoms with E-state index >= 15 is 0 Å². The molecule has 0 aliphatic heterocycles. The van der Waals surface area contributed by atoms with Crippen LogP contribution in [0.25, 0.3) is 6.08 Å². The van der Waals surface area contributed by atoms with E-state index in [0.717, 1.165) is 16.9 Å². The molecule has 4 nitrogen and oxygen atoms in total. The Morgan fingerprint density at radius 2 is 1.64 bits per heavy atom. The number of benzene rings is 3. The average Bonchev–Trinajstić information content (AvgIpc) is 2.75. The molecule has 0 aliphatic carbocycles. The number of carbonyl (C=O) groups is 1. The summed E-state index contributed by atoms with van der Waals surface area (Å²) in [4.78, 5) is 12.4. The van der Waals surface area contributed by atoms with Crippen molar-refractivity contribution in [3.05, 3.63) is 107 Å². The van der Waals surface area contributed by atoms with Crippen molar-refractivity contribution in [3.8, 4) is 5.75 Å². The van der Waals surface area contributed by atoms with E-state index in [0.29, 0.717) is 16.3 Å². The first kappa shape index (κ1) is 19.4. The first-order valence-corrected chi connectivity index (χ1v) is 9.05. The number of amides is 1. The van der Waals surface area contributed by atoms with E-state index in [1.165, 1.54) is 0 Å². The summed E-state index contributed by atoms with van der Waals surface area (Å²) in [5, 5.41) is 4.69. The standard InChI is InChI=1S/C23H19ClN2O2/c1-28-19-14-11-17(12-15-19)13-16-22(18-7-3-2-4-8-18)25-26-23(27)20-9-5-6-10-21(20)24/h2-16H,1H3,(H,26,27). The Labute approximate surface area is 169 Å². The molecule has 0 bridgehead atoms. The highest BCUT2D eigenvalue weighted by molar-refractivity contribution is 6.33. The van der Waals surface area contributed by atoms with Crippen LogP contribution in [0.3, 0.4) is 0 Å². The van der Waals surface area contributed by atoms with Gasteiger partial charge in [-0.1, -0.05) is 72.3 Å². The lowest BCUT2D eigenvalue weighted by Gasteiger charge is -2.05. The van der Waals surface area contributed by atoms with Crippen LogP contribution in [0.1, 0.15) is 21.5 Å². The fourth-order valence-electron chi connectivity index (χ4n) is 2.51.